The van der Waals surface area contributed by atoms with E-state index in [1.54, 1.807) is 29.2 Å². The zero-order valence-corrected chi connectivity index (χ0v) is 19.4. The highest BCUT2D eigenvalue weighted by atomic mass is 16.5. The quantitative estimate of drug-likeness (QED) is 0.623. The molecule has 5 atom stereocenters. The molecule has 3 heterocycles. The Labute approximate surface area is 199 Å². The van der Waals surface area contributed by atoms with Gasteiger partial charge in [-0.1, -0.05) is 42.5 Å². The second kappa shape index (κ2) is 8.72. The number of hydrogen-bond acceptors (Lipinski definition) is 4. The summed E-state index contributed by atoms with van der Waals surface area (Å²) < 4.78 is 6.24. The average molecular weight is 460 g/mol. The Morgan fingerprint density at radius 3 is 2.59 bits per heavy atom. The van der Waals surface area contributed by atoms with Crippen molar-refractivity contribution in [2.24, 2.45) is 11.8 Å². The van der Waals surface area contributed by atoms with Crippen molar-refractivity contribution in [3.8, 4) is 0 Å². The van der Waals surface area contributed by atoms with Gasteiger partial charge >= 0.3 is 0 Å². The molecule has 0 aromatic heterocycles. The third kappa shape index (κ3) is 4.01. The van der Waals surface area contributed by atoms with Gasteiger partial charge in [-0.15, -0.1) is 0 Å². The van der Waals surface area contributed by atoms with Crippen LogP contribution in [-0.2, 0) is 25.5 Å². The Kier molecular flexibility index (Phi) is 5.73. The molecule has 1 spiro atoms. The normalized spacial score (nSPS) is 27.5. The summed E-state index contributed by atoms with van der Waals surface area (Å²) in [4.78, 5) is 39.8. The lowest BCUT2D eigenvalue weighted by atomic mass is 9.76. The number of anilines is 2. The van der Waals surface area contributed by atoms with Crippen LogP contribution in [0.5, 0.6) is 0 Å². The number of carbonyl (C=O) groups is 3. The highest BCUT2D eigenvalue weighted by Crippen LogP contribution is 2.52. The molecule has 0 unspecified atom stereocenters. The van der Waals surface area contributed by atoms with Gasteiger partial charge in [0.15, 0.2) is 0 Å². The Morgan fingerprint density at radius 1 is 1.15 bits per heavy atom. The summed E-state index contributed by atoms with van der Waals surface area (Å²) in [5.41, 5.74) is 1.85. The first-order valence-electron chi connectivity index (χ1n) is 11.8. The molecule has 2 N–H and O–H groups in total. The highest BCUT2D eigenvalue weighted by Gasteiger charge is 2.67. The Hall–Kier alpha value is -3.45. The molecule has 2 fully saturated rings. The number of hydrogen-bond donors (Lipinski definition) is 2. The number of nitrogens with one attached hydrogen (secondary N) is 2. The van der Waals surface area contributed by atoms with E-state index >= 15 is 0 Å². The number of aryl methyl sites for hydroxylation is 1. The number of benzene rings is 2. The second-order valence-electron chi connectivity index (χ2n) is 9.49. The lowest BCUT2D eigenvalue weighted by molar-refractivity contribution is -0.132. The Bertz CT molecular complexity index is 1130. The fourth-order valence-electron chi connectivity index (χ4n) is 5.38. The first-order valence-corrected chi connectivity index (χ1v) is 11.8. The van der Waals surface area contributed by atoms with E-state index < -0.39 is 17.4 Å². The molecule has 0 aliphatic carbocycles. The fourth-order valence-corrected chi connectivity index (χ4v) is 5.38. The first-order chi connectivity index (χ1) is 16.4. The molecule has 34 heavy (non-hydrogen) atoms. The molecule has 2 bridgehead atoms. The molecule has 7 nitrogen and oxygen atoms in total. The molecule has 2 aromatic rings. The lowest BCUT2D eigenvalue weighted by Gasteiger charge is -2.25. The number of rotatable bonds is 7. The van der Waals surface area contributed by atoms with Crippen molar-refractivity contribution in [3.05, 3.63) is 72.3 Å². The number of nitrogens with zero attached hydrogens (tertiary/aromatic N) is 1. The molecule has 5 rings (SSSR count). The van der Waals surface area contributed by atoms with Gasteiger partial charge in [-0.05, 0) is 49.6 Å². The maximum Gasteiger partial charge on any atom is 0.234 e. The topological polar surface area (TPSA) is 87.7 Å². The standard InChI is InChI=1S/C27H29N3O4/c1-17(8-9-19-6-4-3-5-7-19)28-25(32)23-22-14-15-27(34-22)16-30(26(33)24(23)27)21-12-10-20(11-13-21)29-18(2)31/h3-7,10-15,17,22-24H,8-9,16H2,1-2H3,(H,28,32)(H,29,31)/t17-,22+,23+,24+,27+/m1/s1. The van der Waals surface area contributed by atoms with Crippen LogP contribution in [0.25, 0.3) is 0 Å². The SMILES string of the molecule is CC(=O)Nc1ccc(N2C[C@]34C=C[C@H](O3)[C@H](C(=O)N[C@H](C)CCc3ccccc3)[C@H]4C2=O)cc1. The molecule has 3 aliphatic rings. The van der Waals surface area contributed by atoms with Gasteiger partial charge in [0, 0.05) is 24.3 Å². The average Bonchev–Trinajstić information content (AvgIpc) is 3.47. The van der Waals surface area contributed by atoms with E-state index in [4.69, 9.17) is 4.74 Å². The van der Waals surface area contributed by atoms with Gasteiger partial charge in [-0.25, -0.2) is 0 Å². The third-order valence-electron chi connectivity index (χ3n) is 7.00. The zero-order valence-electron chi connectivity index (χ0n) is 19.4. The largest absolute Gasteiger partial charge is 0.360 e. The van der Waals surface area contributed by atoms with Crippen molar-refractivity contribution in [2.45, 2.75) is 44.4 Å². The summed E-state index contributed by atoms with van der Waals surface area (Å²) in [5.74, 6) is -1.46. The summed E-state index contributed by atoms with van der Waals surface area (Å²) in [6, 6.07) is 17.3. The van der Waals surface area contributed by atoms with Crippen molar-refractivity contribution in [3.63, 3.8) is 0 Å². The van der Waals surface area contributed by atoms with E-state index in [2.05, 4.69) is 22.8 Å². The third-order valence-corrected chi connectivity index (χ3v) is 7.00. The van der Waals surface area contributed by atoms with Gasteiger partial charge in [0.25, 0.3) is 0 Å². The van der Waals surface area contributed by atoms with E-state index in [9.17, 15) is 14.4 Å². The first kappa shape index (κ1) is 22.3. The van der Waals surface area contributed by atoms with Crippen molar-refractivity contribution in [2.75, 3.05) is 16.8 Å². The lowest BCUT2D eigenvalue weighted by Crippen LogP contribution is -2.46. The summed E-state index contributed by atoms with van der Waals surface area (Å²) >= 11 is 0. The highest BCUT2D eigenvalue weighted by molar-refractivity contribution is 6.03. The van der Waals surface area contributed by atoms with E-state index in [0.29, 0.717) is 12.2 Å². The molecule has 2 aromatic carbocycles. The predicted molar refractivity (Wildman–Crippen MR) is 129 cm³/mol. The van der Waals surface area contributed by atoms with E-state index in [1.165, 1.54) is 12.5 Å². The predicted octanol–water partition coefficient (Wildman–Crippen LogP) is 3.07. The van der Waals surface area contributed by atoms with E-state index in [1.807, 2.05) is 37.3 Å². The summed E-state index contributed by atoms with van der Waals surface area (Å²) in [7, 11) is 0. The van der Waals surface area contributed by atoms with E-state index in [0.717, 1.165) is 18.5 Å². The second-order valence-corrected chi connectivity index (χ2v) is 9.49. The molecule has 7 heteroatoms. The summed E-state index contributed by atoms with van der Waals surface area (Å²) in [6.45, 7) is 3.82. The maximum absolute atomic E-state index is 13.5. The molecule has 3 amide bonds. The summed E-state index contributed by atoms with van der Waals surface area (Å²) in [6.07, 6.45) is 5.20. The van der Waals surface area contributed by atoms with Gasteiger partial charge in [0.05, 0.1) is 24.5 Å². The van der Waals surface area contributed by atoms with E-state index in [-0.39, 0.29) is 29.9 Å². The fraction of sp³-hybridized carbons (Fsp3) is 0.370. The van der Waals surface area contributed by atoms with Crippen LogP contribution in [0.1, 0.15) is 25.8 Å². The minimum absolute atomic E-state index is 0.0132. The number of amides is 3. The molecule has 176 valence electrons. The Balaban J connectivity index is 1.27. The van der Waals surface area contributed by atoms with Crippen molar-refractivity contribution in [1.82, 2.24) is 5.32 Å². The Morgan fingerprint density at radius 2 is 1.88 bits per heavy atom. The van der Waals surface area contributed by atoms with Crippen LogP contribution in [0.3, 0.4) is 0 Å². The zero-order chi connectivity index (χ0) is 23.9. The van der Waals surface area contributed by atoms with Gasteiger partial charge in [-0.3, -0.25) is 14.4 Å². The maximum atomic E-state index is 13.5. The van der Waals surface area contributed by atoms with Gasteiger partial charge in [-0.2, -0.15) is 0 Å². The molecule has 0 radical (unpaired) electrons. The number of ether oxygens (including phenoxy) is 1. The van der Waals surface area contributed by atoms with Crippen LogP contribution < -0.4 is 15.5 Å². The molecular weight excluding hydrogens is 430 g/mol. The monoisotopic (exact) mass is 459 g/mol. The molecule has 2 saturated heterocycles. The van der Waals surface area contributed by atoms with Crippen molar-refractivity contribution in [1.29, 1.82) is 0 Å². The smallest absolute Gasteiger partial charge is 0.234 e. The van der Waals surface area contributed by atoms with Crippen LogP contribution in [-0.4, -0.2) is 42.0 Å². The molecule has 0 saturated carbocycles. The minimum atomic E-state index is -0.770. The molecular formula is C27H29N3O4. The van der Waals surface area contributed by atoms with Crippen LogP contribution in [0.4, 0.5) is 11.4 Å². The van der Waals surface area contributed by atoms with Crippen molar-refractivity contribution < 1.29 is 19.1 Å². The van der Waals surface area contributed by atoms with Gasteiger partial charge in [0.1, 0.15) is 5.60 Å². The van der Waals surface area contributed by atoms with Crippen LogP contribution in [0.15, 0.2) is 66.7 Å². The van der Waals surface area contributed by atoms with Crippen LogP contribution in [0.2, 0.25) is 0 Å². The number of carbonyl (C=O) groups excluding carboxylic acids is 3. The van der Waals surface area contributed by atoms with Gasteiger partial charge in [0.2, 0.25) is 17.7 Å². The number of fused-ring (bicyclic) bond motifs is 1. The van der Waals surface area contributed by atoms with Crippen LogP contribution >= 0.6 is 0 Å². The minimum Gasteiger partial charge on any atom is -0.360 e. The van der Waals surface area contributed by atoms with Crippen molar-refractivity contribution >= 4 is 29.1 Å². The van der Waals surface area contributed by atoms with Gasteiger partial charge < -0.3 is 20.3 Å². The van der Waals surface area contributed by atoms with Crippen LogP contribution in [0, 0.1) is 11.8 Å². The molecule has 3 aliphatic heterocycles. The summed E-state index contributed by atoms with van der Waals surface area (Å²) in [5, 5.41) is 5.85.